The standard InChI is InChI=1S/C31H38N4O5/c1-22(35(39)21-36)27(14-8-10-23-15-17-26(18-16-23)40-25-12-6-5-7-13-25)29(37)34-28(31(2,3)4)30(38)33-24-11-9-19-32-20-24/h5-7,9,11-13,15-22,27-28,39H,8,10,14H2,1-4H3,(H,33,38)(H,34,37)/t22-,27+,28+/m0/s1. The highest BCUT2D eigenvalue weighted by Gasteiger charge is 2.36. The van der Waals surface area contributed by atoms with Crippen molar-refractivity contribution in [1.82, 2.24) is 15.4 Å². The number of nitrogens with one attached hydrogen (secondary N) is 2. The van der Waals surface area contributed by atoms with Crippen molar-refractivity contribution in [2.75, 3.05) is 5.32 Å². The summed E-state index contributed by atoms with van der Waals surface area (Å²) in [5, 5.41) is 16.3. The second-order valence-electron chi connectivity index (χ2n) is 10.8. The van der Waals surface area contributed by atoms with Crippen molar-refractivity contribution in [3.8, 4) is 11.5 Å². The van der Waals surface area contributed by atoms with Crippen molar-refractivity contribution in [1.29, 1.82) is 0 Å². The van der Waals surface area contributed by atoms with Crippen LogP contribution in [0.5, 0.6) is 11.5 Å². The van der Waals surface area contributed by atoms with Crippen LogP contribution in [0.25, 0.3) is 0 Å². The SMILES string of the molecule is C[C@@H]([C@@H](CCCc1ccc(Oc2ccccc2)cc1)C(=O)N[C@H](C(=O)Nc1cccnc1)C(C)(C)C)N(O)C=O. The van der Waals surface area contributed by atoms with Crippen molar-refractivity contribution in [2.24, 2.45) is 11.3 Å². The maximum Gasteiger partial charge on any atom is 0.247 e. The van der Waals surface area contributed by atoms with Crippen LogP contribution in [-0.4, -0.2) is 45.6 Å². The first kappa shape index (κ1) is 30.3. The van der Waals surface area contributed by atoms with Gasteiger partial charge in [-0.3, -0.25) is 24.6 Å². The van der Waals surface area contributed by atoms with E-state index in [-0.39, 0.29) is 12.3 Å². The lowest BCUT2D eigenvalue weighted by Crippen LogP contribution is -2.55. The Bertz CT molecular complexity index is 1230. The number of hydrogen-bond acceptors (Lipinski definition) is 6. The molecule has 0 bridgehead atoms. The molecule has 0 saturated carbocycles. The minimum Gasteiger partial charge on any atom is -0.457 e. The fourth-order valence-electron chi connectivity index (χ4n) is 4.32. The van der Waals surface area contributed by atoms with Crippen LogP contribution >= 0.6 is 0 Å². The molecule has 212 valence electrons. The first-order valence-electron chi connectivity index (χ1n) is 13.3. The fraction of sp³-hybridized carbons (Fsp3) is 0.355. The molecule has 0 unspecified atom stereocenters. The van der Waals surface area contributed by atoms with Gasteiger partial charge in [0.05, 0.1) is 23.8 Å². The number of nitrogens with zero attached hydrogens (tertiary/aromatic N) is 2. The number of rotatable bonds is 13. The molecule has 3 atom stereocenters. The third-order valence-corrected chi connectivity index (χ3v) is 6.67. The van der Waals surface area contributed by atoms with E-state index in [2.05, 4.69) is 15.6 Å². The summed E-state index contributed by atoms with van der Waals surface area (Å²) < 4.78 is 5.84. The summed E-state index contributed by atoms with van der Waals surface area (Å²) in [6, 6.07) is 19.0. The number of benzene rings is 2. The van der Waals surface area contributed by atoms with Crippen LogP contribution < -0.4 is 15.4 Å². The second-order valence-corrected chi connectivity index (χ2v) is 10.8. The molecular formula is C31H38N4O5. The maximum absolute atomic E-state index is 13.5. The molecule has 0 spiro atoms. The topological polar surface area (TPSA) is 121 Å². The van der Waals surface area contributed by atoms with Crippen molar-refractivity contribution in [3.63, 3.8) is 0 Å². The highest BCUT2D eigenvalue weighted by molar-refractivity contribution is 5.98. The van der Waals surface area contributed by atoms with Gasteiger partial charge in [-0.2, -0.15) is 0 Å². The number of para-hydroxylation sites is 1. The number of anilines is 1. The van der Waals surface area contributed by atoms with Gasteiger partial charge in [0.2, 0.25) is 18.2 Å². The summed E-state index contributed by atoms with van der Waals surface area (Å²) in [7, 11) is 0. The lowest BCUT2D eigenvalue weighted by atomic mass is 9.84. The van der Waals surface area contributed by atoms with E-state index in [4.69, 9.17) is 4.74 Å². The number of aromatic nitrogens is 1. The number of pyridine rings is 1. The van der Waals surface area contributed by atoms with Crippen molar-refractivity contribution >= 4 is 23.9 Å². The van der Waals surface area contributed by atoms with Crippen LogP contribution in [0, 0.1) is 11.3 Å². The molecular weight excluding hydrogens is 508 g/mol. The zero-order valence-electron chi connectivity index (χ0n) is 23.4. The summed E-state index contributed by atoms with van der Waals surface area (Å²) in [6.07, 6.45) is 5.10. The van der Waals surface area contributed by atoms with Crippen LogP contribution in [0.2, 0.25) is 0 Å². The molecule has 3 amide bonds. The quantitative estimate of drug-likeness (QED) is 0.154. The van der Waals surface area contributed by atoms with E-state index in [1.807, 2.05) is 75.4 Å². The minimum atomic E-state index is -0.865. The Kier molecular flexibility index (Phi) is 10.8. The highest BCUT2D eigenvalue weighted by atomic mass is 16.5. The summed E-state index contributed by atoms with van der Waals surface area (Å²) in [6.45, 7) is 7.17. The summed E-state index contributed by atoms with van der Waals surface area (Å²) in [5.74, 6) is -0.0625. The number of carbonyl (C=O) groups excluding carboxylic acids is 3. The first-order chi connectivity index (χ1) is 19.1. The average Bonchev–Trinajstić information content (AvgIpc) is 2.94. The van der Waals surface area contributed by atoms with Crippen LogP contribution in [0.4, 0.5) is 5.69 Å². The van der Waals surface area contributed by atoms with Gasteiger partial charge in [-0.05, 0) is 73.6 Å². The summed E-state index contributed by atoms with van der Waals surface area (Å²) in [4.78, 5) is 41.9. The molecule has 9 nitrogen and oxygen atoms in total. The Morgan fingerprint density at radius 2 is 1.68 bits per heavy atom. The number of ether oxygens (including phenoxy) is 1. The lowest BCUT2D eigenvalue weighted by molar-refractivity contribution is -0.166. The smallest absolute Gasteiger partial charge is 0.247 e. The molecule has 0 aliphatic heterocycles. The second kappa shape index (κ2) is 14.2. The number of carbonyl (C=O) groups is 3. The number of amides is 3. The zero-order chi connectivity index (χ0) is 29.1. The molecule has 9 heteroatoms. The van der Waals surface area contributed by atoms with E-state index in [9.17, 15) is 19.6 Å². The Labute approximate surface area is 235 Å². The molecule has 3 aromatic rings. The summed E-state index contributed by atoms with van der Waals surface area (Å²) >= 11 is 0. The van der Waals surface area contributed by atoms with Gasteiger partial charge in [0.25, 0.3) is 0 Å². The molecule has 2 aromatic carbocycles. The van der Waals surface area contributed by atoms with E-state index in [0.717, 1.165) is 17.1 Å². The summed E-state index contributed by atoms with van der Waals surface area (Å²) in [5.41, 5.74) is 0.971. The van der Waals surface area contributed by atoms with Crippen molar-refractivity contribution in [3.05, 3.63) is 84.7 Å². The monoisotopic (exact) mass is 546 g/mol. The Balaban J connectivity index is 1.66. The van der Waals surface area contributed by atoms with Gasteiger partial charge in [-0.25, -0.2) is 5.06 Å². The third kappa shape index (κ3) is 8.91. The van der Waals surface area contributed by atoms with E-state index in [1.54, 1.807) is 25.3 Å². The molecule has 0 aliphatic rings. The largest absolute Gasteiger partial charge is 0.457 e. The minimum absolute atomic E-state index is 0.284. The van der Waals surface area contributed by atoms with Gasteiger partial charge in [-0.1, -0.05) is 51.1 Å². The molecule has 0 aliphatic carbocycles. The van der Waals surface area contributed by atoms with E-state index >= 15 is 0 Å². The number of hydroxylamine groups is 2. The Morgan fingerprint density at radius 1 is 1.00 bits per heavy atom. The molecule has 40 heavy (non-hydrogen) atoms. The lowest BCUT2D eigenvalue weighted by Gasteiger charge is -2.33. The molecule has 0 saturated heterocycles. The predicted octanol–water partition coefficient (Wildman–Crippen LogP) is 5.22. The zero-order valence-corrected chi connectivity index (χ0v) is 23.4. The van der Waals surface area contributed by atoms with Crippen molar-refractivity contribution < 1.29 is 24.3 Å². The predicted molar refractivity (Wildman–Crippen MR) is 153 cm³/mol. The molecule has 1 aromatic heterocycles. The Morgan fingerprint density at radius 3 is 2.27 bits per heavy atom. The van der Waals surface area contributed by atoms with Crippen LogP contribution in [0.3, 0.4) is 0 Å². The number of aryl methyl sites for hydroxylation is 1. The molecule has 3 N–H and O–H groups in total. The normalized spacial score (nSPS) is 13.4. The first-order valence-corrected chi connectivity index (χ1v) is 13.3. The Hall–Kier alpha value is -4.24. The van der Waals surface area contributed by atoms with Crippen molar-refractivity contribution in [2.45, 2.75) is 59.0 Å². The maximum atomic E-state index is 13.5. The van der Waals surface area contributed by atoms with Gasteiger partial charge in [-0.15, -0.1) is 0 Å². The van der Waals surface area contributed by atoms with Gasteiger partial charge in [0, 0.05) is 6.20 Å². The van der Waals surface area contributed by atoms with Crippen LogP contribution in [0.1, 0.15) is 46.1 Å². The van der Waals surface area contributed by atoms with Gasteiger partial charge < -0.3 is 15.4 Å². The average molecular weight is 547 g/mol. The van der Waals surface area contributed by atoms with Gasteiger partial charge >= 0.3 is 0 Å². The van der Waals surface area contributed by atoms with Gasteiger partial charge in [0.1, 0.15) is 17.5 Å². The molecule has 0 radical (unpaired) electrons. The molecule has 3 rings (SSSR count). The molecule has 0 fully saturated rings. The van der Waals surface area contributed by atoms with E-state index in [1.165, 1.54) is 6.20 Å². The number of hydrogen-bond donors (Lipinski definition) is 3. The molecule has 1 heterocycles. The van der Waals surface area contributed by atoms with Crippen LogP contribution in [-0.2, 0) is 20.8 Å². The van der Waals surface area contributed by atoms with E-state index in [0.29, 0.717) is 30.0 Å². The fourth-order valence-corrected chi connectivity index (χ4v) is 4.32. The van der Waals surface area contributed by atoms with Crippen LogP contribution in [0.15, 0.2) is 79.1 Å². The third-order valence-electron chi connectivity index (χ3n) is 6.67. The van der Waals surface area contributed by atoms with Gasteiger partial charge in [0.15, 0.2) is 0 Å². The van der Waals surface area contributed by atoms with E-state index < -0.39 is 29.3 Å². The highest BCUT2D eigenvalue weighted by Crippen LogP contribution is 2.25.